The van der Waals surface area contributed by atoms with Gasteiger partial charge in [0.05, 0.1) is 12.2 Å². The molecule has 0 fully saturated rings. The van der Waals surface area contributed by atoms with Crippen LogP contribution in [0, 0.1) is 11.6 Å². The van der Waals surface area contributed by atoms with E-state index in [2.05, 4.69) is 21.2 Å². The quantitative estimate of drug-likeness (QED) is 0.723. The Balaban J connectivity index is 1.65. The van der Waals surface area contributed by atoms with Gasteiger partial charge in [-0.1, -0.05) is 0 Å². The third-order valence-electron chi connectivity index (χ3n) is 3.11. The lowest BCUT2D eigenvalue weighted by Crippen LogP contribution is -2.25. The first-order chi connectivity index (χ1) is 11.1. The summed E-state index contributed by atoms with van der Waals surface area (Å²) in [4.78, 5) is 11.9. The number of carbonyl (C=O) groups is 1. The summed E-state index contributed by atoms with van der Waals surface area (Å²) in [6.45, 7) is 0.983. The Hall–Kier alpha value is -1.95. The predicted molar refractivity (Wildman–Crippen MR) is 87.6 cm³/mol. The van der Waals surface area contributed by atoms with Crippen LogP contribution in [0.3, 0.4) is 0 Å². The van der Waals surface area contributed by atoms with E-state index in [4.69, 9.17) is 4.74 Å². The van der Waals surface area contributed by atoms with Crippen LogP contribution >= 0.6 is 15.9 Å². The molecule has 2 rings (SSSR count). The van der Waals surface area contributed by atoms with E-state index in [0.717, 1.165) is 12.8 Å². The van der Waals surface area contributed by atoms with E-state index in [0.29, 0.717) is 28.9 Å². The summed E-state index contributed by atoms with van der Waals surface area (Å²) >= 11 is 3.16. The highest BCUT2D eigenvalue weighted by Crippen LogP contribution is 2.17. The molecular formula is C17H16BrF2NO2. The van der Waals surface area contributed by atoms with Gasteiger partial charge in [-0.3, -0.25) is 4.79 Å². The number of carbonyl (C=O) groups excluding carboxylic acids is 1. The number of nitrogens with one attached hydrogen (secondary N) is 1. The Labute approximate surface area is 141 Å². The van der Waals surface area contributed by atoms with Crippen molar-refractivity contribution in [1.82, 2.24) is 5.32 Å². The van der Waals surface area contributed by atoms with E-state index >= 15 is 0 Å². The van der Waals surface area contributed by atoms with Crippen LogP contribution < -0.4 is 10.1 Å². The lowest BCUT2D eigenvalue weighted by atomic mass is 10.2. The monoisotopic (exact) mass is 383 g/mol. The molecule has 0 radical (unpaired) electrons. The van der Waals surface area contributed by atoms with Gasteiger partial charge in [-0.2, -0.15) is 0 Å². The predicted octanol–water partition coefficient (Wildman–Crippen LogP) is 4.32. The Morgan fingerprint density at radius 1 is 1.04 bits per heavy atom. The Morgan fingerprint density at radius 3 is 2.43 bits per heavy atom. The number of rotatable bonds is 7. The largest absolute Gasteiger partial charge is 0.494 e. The first-order valence-corrected chi connectivity index (χ1v) is 7.97. The summed E-state index contributed by atoms with van der Waals surface area (Å²) in [5, 5.41) is 2.77. The molecule has 23 heavy (non-hydrogen) atoms. The minimum atomic E-state index is -0.397. The van der Waals surface area contributed by atoms with E-state index < -0.39 is 5.82 Å². The first-order valence-electron chi connectivity index (χ1n) is 7.18. The molecule has 6 heteroatoms. The molecule has 0 aliphatic heterocycles. The molecule has 0 spiro atoms. The van der Waals surface area contributed by atoms with E-state index in [1.807, 2.05) is 0 Å². The Morgan fingerprint density at radius 2 is 1.74 bits per heavy atom. The van der Waals surface area contributed by atoms with Crippen molar-refractivity contribution in [3.8, 4) is 5.75 Å². The normalized spacial score (nSPS) is 10.4. The number of hydrogen-bond acceptors (Lipinski definition) is 2. The minimum Gasteiger partial charge on any atom is -0.494 e. The number of halogens is 3. The molecule has 1 amide bonds. The average Bonchev–Trinajstić information content (AvgIpc) is 2.52. The van der Waals surface area contributed by atoms with Gasteiger partial charge in [0.25, 0.3) is 5.91 Å². The lowest BCUT2D eigenvalue weighted by molar-refractivity contribution is 0.0951. The maximum absolute atomic E-state index is 13.0. The summed E-state index contributed by atoms with van der Waals surface area (Å²) in [5.74, 6) is -0.333. The molecule has 0 atom stereocenters. The summed E-state index contributed by atoms with van der Waals surface area (Å²) in [6, 6.07) is 9.77. The molecule has 2 aromatic carbocycles. The number of hydrogen-bond donors (Lipinski definition) is 1. The Kier molecular flexibility index (Phi) is 6.52. The van der Waals surface area contributed by atoms with Gasteiger partial charge >= 0.3 is 0 Å². The van der Waals surface area contributed by atoms with Crippen molar-refractivity contribution in [2.75, 3.05) is 13.2 Å². The molecule has 0 bridgehead atoms. The van der Waals surface area contributed by atoms with E-state index in [9.17, 15) is 13.6 Å². The summed E-state index contributed by atoms with van der Waals surface area (Å²) in [6.07, 6.45) is 1.49. The van der Waals surface area contributed by atoms with Crippen LogP contribution in [0.2, 0.25) is 0 Å². The van der Waals surface area contributed by atoms with Crippen molar-refractivity contribution < 1.29 is 18.3 Å². The summed E-state index contributed by atoms with van der Waals surface area (Å²) in [5.41, 5.74) is 0.397. The van der Waals surface area contributed by atoms with Crippen molar-refractivity contribution in [3.05, 3.63) is 64.1 Å². The van der Waals surface area contributed by atoms with Crippen LogP contribution in [-0.2, 0) is 0 Å². The Bertz CT molecular complexity index is 662. The van der Waals surface area contributed by atoms with Crippen LogP contribution in [0.25, 0.3) is 0 Å². The molecule has 0 saturated carbocycles. The topological polar surface area (TPSA) is 38.3 Å². The molecule has 2 aromatic rings. The molecule has 1 N–H and O–H groups in total. The second-order valence-electron chi connectivity index (χ2n) is 4.89. The van der Waals surface area contributed by atoms with Gasteiger partial charge in [0.1, 0.15) is 17.4 Å². The van der Waals surface area contributed by atoms with Gasteiger partial charge < -0.3 is 10.1 Å². The van der Waals surface area contributed by atoms with Gasteiger partial charge in [0.2, 0.25) is 0 Å². The summed E-state index contributed by atoms with van der Waals surface area (Å²) in [7, 11) is 0. The molecular weight excluding hydrogens is 368 g/mol. The third kappa shape index (κ3) is 5.63. The number of ether oxygens (including phenoxy) is 1. The van der Waals surface area contributed by atoms with E-state index in [1.165, 1.54) is 30.3 Å². The molecule has 0 heterocycles. The molecule has 122 valence electrons. The molecule has 0 aliphatic carbocycles. The van der Waals surface area contributed by atoms with Crippen LogP contribution in [-0.4, -0.2) is 19.1 Å². The van der Waals surface area contributed by atoms with E-state index in [-0.39, 0.29) is 11.7 Å². The zero-order valence-corrected chi connectivity index (χ0v) is 13.9. The van der Waals surface area contributed by atoms with Crippen molar-refractivity contribution >= 4 is 21.8 Å². The fourth-order valence-electron chi connectivity index (χ4n) is 1.92. The number of unbranched alkanes of at least 4 members (excludes halogenated alkanes) is 1. The van der Waals surface area contributed by atoms with Crippen LogP contribution in [0.5, 0.6) is 5.75 Å². The van der Waals surface area contributed by atoms with Crippen LogP contribution in [0.4, 0.5) is 8.78 Å². The van der Waals surface area contributed by atoms with E-state index in [1.54, 1.807) is 12.1 Å². The van der Waals surface area contributed by atoms with Gasteiger partial charge in [0, 0.05) is 11.0 Å². The van der Waals surface area contributed by atoms with Gasteiger partial charge in [-0.15, -0.1) is 0 Å². The molecule has 0 aliphatic rings. The maximum Gasteiger partial charge on any atom is 0.252 e. The van der Waals surface area contributed by atoms with Crippen molar-refractivity contribution in [1.29, 1.82) is 0 Å². The highest BCUT2D eigenvalue weighted by atomic mass is 79.9. The second-order valence-corrected chi connectivity index (χ2v) is 5.74. The number of amides is 1. The van der Waals surface area contributed by atoms with Crippen LogP contribution in [0.1, 0.15) is 23.2 Å². The minimum absolute atomic E-state index is 0.253. The molecule has 0 saturated heterocycles. The maximum atomic E-state index is 13.0. The molecule has 3 nitrogen and oxygen atoms in total. The van der Waals surface area contributed by atoms with Gasteiger partial charge in [-0.05, 0) is 71.2 Å². The zero-order chi connectivity index (χ0) is 16.7. The molecule has 0 unspecified atom stereocenters. The van der Waals surface area contributed by atoms with Gasteiger partial charge in [-0.25, -0.2) is 8.78 Å². The van der Waals surface area contributed by atoms with Crippen molar-refractivity contribution in [2.24, 2.45) is 0 Å². The summed E-state index contributed by atoms with van der Waals surface area (Å²) < 4.78 is 31.6. The average molecular weight is 384 g/mol. The third-order valence-corrected chi connectivity index (χ3v) is 3.77. The van der Waals surface area contributed by atoms with Crippen molar-refractivity contribution in [2.45, 2.75) is 12.8 Å². The highest BCUT2D eigenvalue weighted by Gasteiger charge is 2.09. The molecule has 0 aromatic heterocycles. The lowest BCUT2D eigenvalue weighted by Gasteiger charge is -2.08. The smallest absolute Gasteiger partial charge is 0.252 e. The fraction of sp³-hybridized carbons (Fsp3) is 0.235. The first kappa shape index (κ1) is 17.4. The standard InChI is InChI=1S/C17H16BrF2NO2/c18-16-11-13(20)5-8-15(16)17(22)21-9-1-2-10-23-14-6-3-12(19)4-7-14/h3-8,11H,1-2,9-10H2,(H,21,22). The highest BCUT2D eigenvalue weighted by molar-refractivity contribution is 9.10. The number of benzene rings is 2. The van der Waals surface area contributed by atoms with Gasteiger partial charge in [0.15, 0.2) is 0 Å². The second kappa shape index (κ2) is 8.62. The SMILES string of the molecule is O=C(NCCCCOc1ccc(F)cc1)c1ccc(F)cc1Br. The van der Waals surface area contributed by atoms with Crippen molar-refractivity contribution in [3.63, 3.8) is 0 Å². The zero-order valence-electron chi connectivity index (χ0n) is 12.3. The fourth-order valence-corrected chi connectivity index (χ4v) is 2.45. The van der Waals surface area contributed by atoms with Crippen LogP contribution in [0.15, 0.2) is 46.9 Å².